The Morgan fingerprint density at radius 2 is 1.34 bits per heavy atom. The minimum absolute atomic E-state index is 0.356. The fourth-order valence-corrected chi connectivity index (χ4v) is 1.64. The molecule has 32 heavy (non-hydrogen) atoms. The summed E-state index contributed by atoms with van der Waals surface area (Å²) in [4.78, 5) is 22.8. The maximum atomic E-state index is 13.3. The third kappa shape index (κ3) is 6.85. The Balaban J connectivity index is 6.65. The zero-order chi connectivity index (χ0) is 26.1. The van der Waals surface area contributed by atoms with Crippen molar-refractivity contribution in [2.75, 3.05) is 6.61 Å². The number of carbonyl (C=O) groups excluding carboxylic acids is 2. The van der Waals surface area contributed by atoms with Gasteiger partial charge in [0, 0.05) is 0 Å². The molecule has 0 aliphatic heterocycles. The molecule has 2 N–H and O–H groups in total. The largest absolute Gasteiger partial charge is 0.466 e. The van der Waals surface area contributed by atoms with Crippen LogP contribution in [0.4, 0.5) is 52.7 Å². The van der Waals surface area contributed by atoms with Crippen molar-refractivity contribution in [2.45, 2.75) is 35.6 Å². The first kappa shape index (κ1) is 29.7. The Kier molecular flexibility index (Phi) is 8.28. The normalized spacial score (nSPS) is 15.8. The molecule has 1 unspecified atom stereocenters. The Morgan fingerprint density at radius 3 is 1.62 bits per heavy atom. The van der Waals surface area contributed by atoms with Crippen molar-refractivity contribution in [1.82, 2.24) is 5.32 Å². The molecule has 1 atom stereocenters. The van der Waals surface area contributed by atoms with Crippen LogP contribution in [0.15, 0.2) is 12.4 Å². The van der Waals surface area contributed by atoms with Gasteiger partial charge in [-0.25, -0.2) is 4.79 Å². The molecule has 0 bridgehead atoms. The molecule has 0 radical (unpaired) electrons. The molecule has 21 heteroatoms. The van der Waals surface area contributed by atoms with Gasteiger partial charge in [0.15, 0.2) is 0 Å². The van der Waals surface area contributed by atoms with Crippen LogP contribution in [0.3, 0.4) is 0 Å². The number of rotatable bonds is 8. The summed E-state index contributed by atoms with van der Waals surface area (Å²) in [6.07, 6.45) is -20.0. The molecule has 1 amide bonds. The Labute approximate surface area is 167 Å². The van der Waals surface area contributed by atoms with E-state index in [-0.39, 0.29) is 5.32 Å². The number of halogens is 12. The first-order chi connectivity index (χ1) is 13.8. The smallest absolute Gasteiger partial charge is 0.410 e. The van der Waals surface area contributed by atoms with Crippen LogP contribution in [-0.4, -0.2) is 67.1 Å². The summed E-state index contributed by atoms with van der Waals surface area (Å²) in [5, 5.41) is -6.15. The number of carbonyl (C=O) groups is 2. The fraction of sp³-hybridized carbons (Fsp3) is 0.636. The molecule has 0 spiro atoms. The molecular formula is C11H7F12NO7S. The topological polar surface area (TPSA) is 119 Å². The second kappa shape index (κ2) is 8.92. The average molecular weight is 525 g/mol. The van der Waals surface area contributed by atoms with Crippen molar-refractivity contribution >= 4 is 22.0 Å². The average Bonchev–Trinajstić information content (AvgIpc) is 2.51. The van der Waals surface area contributed by atoms with Crippen LogP contribution >= 0.6 is 0 Å². The number of esters is 1. The lowest BCUT2D eigenvalue weighted by Gasteiger charge is -2.35. The second-order valence-corrected chi connectivity index (χ2v) is 6.85. The molecule has 0 heterocycles. The highest BCUT2D eigenvalue weighted by Gasteiger charge is 2.70. The minimum Gasteiger partial charge on any atom is -0.410 e. The maximum Gasteiger partial charge on any atom is 0.466 e. The second-order valence-electron chi connectivity index (χ2n) is 5.30. The summed E-state index contributed by atoms with van der Waals surface area (Å²) in [5.74, 6) is -15.3. The molecule has 0 rings (SSSR count). The lowest BCUT2D eigenvalue weighted by molar-refractivity contribution is -0.355. The third-order valence-electron chi connectivity index (χ3n) is 2.88. The number of hydrogen-bond acceptors (Lipinski definition) is 6. The lowest BCUT2D eigenvalue weighted by Crippen LogP contribution is -2.67. The summed E-state index contributed by atoms with van der Waals surface area (Å²) >= 11 is 0. The van der Waals surface area contributed by atoms with Crippen LogP contribution in [-0.2, 0) is 29.2 Å². The molecule has 0 saturated heterocycles. The van der Waals surface area contributed by atoms with Gasteiger partial charge in [0.25, 0.3) is 0 Å². The van der Waals surface area contributed by atoms with Crippen molar-refractivity contribution in [3.63, 3.8) is 0 Å². The number of amides is 1. The van der Waals surface area contributed by atoms with E-state index in [2.05, 4.69) is 9.47 Å². The molecule has 0 aromatic rings. The van der Waals surface area contributed by atoms with Crippen molar-refractivity contribution < 1.29 is 84.7 Å². The molecule has 0 saturated carbocycles. The van der Waals surface area contributed by atoms with Gasteiger partial charge in [0.2, 0.25) is 11.9 Å². The van der Waals surface area contributed by atoms with Crippen molar-refractivity contribution in [1.29, 1.82) is 0 Å². The molecular weight excluding hydrogens is 518 g/mol. The van der Waals surface area contributed by atoms with E-state index in [0.29, 0.717) is 0 Å². The quantitative estimate of drug-likeness (QED) is 0.164. The van der Waals surface area contributed by atoms with E-state index in [4.69, 9.17) is 4.55 Å². The van der Waals surface area contributed by atoms with Crippen LogP contribution in [0.1, 0.15) is 0 Å². The predicted octanol–water partition coefficient (Wildman–Crippen LogP) is 2.38. The third-order valence-corrected chi connectivity index (χ3v) is 3.75. The molecule has 0 aromatic carbocycles. The number of alkyl halides is 11. The monoisotopic (exact) mass is 525 g/mol. The van der Waals surface area contributed by atoms with Gasteiger partial charge in [-0.2, -0.15) is 61.1 Å². The highest BCUT2D eigenvalue weighted by Crippen LogP contribution is 2.40. The van der Waals surface area contributed by atoms with Crippen LogP contribution in [0.5, 0.6) is 0 Å². The Bertz CT molecular complexity index is 833. The van der Waals surface area contributed by atoms with Crippen LogP contribution in [0.25, 0.3) is 0 Å². The summed E-state index contributed by atoms with van der Waals surface area (Å²) in [6.45, 7) is -1.31. The maximum absolute atomic E-state index is 13.3. The first-order valence-corrected chi connectivity index (χ1v) is 8.31. The highest BCUT2D eigenvalue weighted by atomic mass is 32.2. The van der Waals surface area contributed by atoms with E-state index in [1.807, 2.05) is 6.58 Å². The summed E-state index contributed by atoms with van der Waals surface area (Å²) < 4.78 is 189. The highest BCUT2D eigenvalue weighted by molar-refractivity contribution is 7.86. The standard InChI is InChI=1S/C11H7F12NO7S/c1-3(12)4(25)31-8(11(21,22)23,30-2-7(13,14)32(27,28)29)6(26)24-5(9(15,16)17)10(18,19)20/h5H,1-2H2,(H,24,26)(H,27,28,29). The van der Waals surface area contributed by atoms with E-state index in [1.54, 1.807) is 0 Å². The number of nitrogens with one attached hydrogen (secondary N) is 1. The van der Waals surface area contributed by atoms with Crippen molar-refractivity contribution in [3.05, 3.63) is 12.4 Å². The van der Waals surface area contributed by atoms with Gasteiger partial charge in [-0.3, -0.25) is 9.35 Å². The lowest BCUT2D eigenvalue weighted by atomic mass is 10.2. The molecule has 0 aliphatic rings. The Morgan fingerprint density at radius 1 is 0.938 bits per heavy atom. The zero-order valence-electron chi connectivity index (χ0n) is 14.3. The predicted molar refractivity (Wildman–Crippen MR) is 71.6 cm³/mol. The van der Waals surface area contributed by atoms with Gasteiger partial charge in [-0.1, -0.05) is 6.58 Å². The van der Waals surface area contributed by atoms with Crippen LogP contribution < -0.4 is 5.32 Å². The van der Waals surface area contributed by atoms with Gasteiger partial charge in [0.1, 0.15) is 6.61 Å². The summed E-state index contributed by atoms with van der Waals surface area (Å²) in [7, 11) is -6.66. The molecule has 0 aliphatic carbocycles. The van der Waals surface area contributed by atoms with Gasteiger partial charge in [0.05, 0.1) is 0 Å². The summed E-state index contributed by atoms with van der Waals surface area (Å²) in [6, 6.07) is -5.14. The van der Waals surface area contributed by atoms with Gasteiger partial charge < -0.3 is 14.8 Å². The van der Waals surface area contributed by atoms with E-state index in [9.17, 15) is 70.7 Å². The molecule has 188 valence electrons. The zero-order valence-corrected chi connectivity index (χ0v) is 15.1. The van der Waals surface area contributed by atoms with Gasteiger partial charge in [-0.05, 0) is 0 Å². The van der Waals surface area contributed by atoms with Crippen LogP contribution in [0, 0.1) is 0 Å². The molecule has 0 fully saturated rings. The van der Waals surface area contributed by atoms with Gasteiger partial charge >= 0.3 is 51.6 Å². The van der Waals surface area contributed by atoms with E-state index < -0.39 is 70.0 Å². The van der Waals surface area contributed by atoms with Crippen molar-refractivity contribution in [2.24, 2.45) is 0 Å². The van der Waals surface area contributed by atoms with Crippen LogP contribution in [0.2, 0.25) is 0 Å². The fourth-order valence-electron chi connectivity index (χ4n) is 1.43. The minimum atomic E-state index is -6.85. The van der Waals surface area contributed by atoms with E-state index >= 15 is 0 Å². The van der Waals surface area contributed by atoms with Gasteiger partial charge in [-0.15, -0.1) is 0 Å². The van der Waals surface area contributed by atoms with Crippen molar-refractivity contribution in [3.8, 4) is 0 Å². The Hall–Kier alpha value is -2.29. The molecule has 8 nitrogen and oxygen atoms in total. The number of ether oxygens (including phenoxy) is 2. The SMILES string of the molecule is C=C(F)C(=O)OC(OCC(F)(F)S(=O)(=O)O)(C(=O)NC(C(F)(F)F)C(F)(F)F)C(F)(F)F. The molecule has 0 aromatic heterocycles. The van der Waals surface area contributed by atoms with E-state index in [1.165, 1.54) is 0 Å². The number of hydrogen-bond donors (Lipinski definition) is 2. The first-order valence-electron chi connectivity index (χ1n) is 6.87. The van der Waals surface area contributed by atoms with E-state index in [0.717, 1.165) is 0 Å². The summed E-state index contributed by atoms with van der Waals surface area (Å²) in [5.41, 5.74) is 0.